The highest BCUT2D eigenvalue weighted by atomic mass is 16.5. The number of fused-ring (bicyclic) bond motifs is 2. The largest absolute Gasteiger partial charge is 0.493 e. The highest BCUT2D eigenvalue weighted by Gasteiger charge is 2.35. The van der Waals surface area contributed by atoms with Gasteiger partial charge in [-0.1, -0.05) is 24.3 Å². The molecule has 0 bridgehead atoms. The summed E-state index contributed by atoms with van der Waals surface area (Å²) in [5.41, 5.74) is 8.12. The monoisotopic (exact) mass is 643 g/mol. The van der Waals surface area contributed by atoms with Gasteiger partial charge in [-0.15, -0.1) is 0 Å². The lowest BCUT2D eigenvalue weighted by Crippen LogP contribution is -2.21. The highest BCUT2D eigenvalue weighted by Crippen LogP contribution is 2.49. The van der Waals surface area contributed by atoms with Gasteiger partial charge in [0.25, 0.3) is 0 Å². The van der Waals surface area contributed by atoms with Gasteiger partial charge in [-0.3, -0.25) is 9.36 Å². The molecule has 2 saturated carbocycles. The van der Waals surface area contributed by atoms with Crippen LogP contribution in [-0.4, -0.2) is 59.0 Å². The SMILES string of the molecule is Cn1cc2cc(-c3nc(-c4cccc5nn(C[C@H](O)c6ccc(OCC7CCOCC7)cc6)cc45)c(C4CC4)n3C)c(C3CC3)nc2n1. The third-order valence-corrected chi connectivity index (χ3v) is 10.3. The average Bonchev–Trinajstić information content (AvgIpc) is 4.02. The number of benzene rings is 2. The summed E-state index contributed by atoms with van der Waals surface area (Å²) in [4.78, 5) is 10.5. The molecule has 3 aliphatic rings. The van der Waals surface area contributed by atoms with Crippen molar-refractivity contribution in [3.8, 4) is 28.4 Å². The lowest BCUT2D eigenvalue weighted by Gasteiger charge is -2.22. The van der Waals surface area contributed by atoms with Gasteiger partial charge in [0.2, 0.25) is 0 Å². The van der Waals surface area contributed by atoms with Crippen molar-refractivity contribution < 1.29 is 14.6 Å². The van der Waals surface area contributed by atoms with Crippen LogP contribution >= 0.6 is 0 Å². The predicted molar refractivity (Wildman–Crippen MR) is 184 cm³/mol. The number of aryl methyl sites for hydroxylation is 1. The van der Waals surface area contributed by atoms with Gasteiger partial charge < -0.3 is 19.1 Å². The maximum Gasteiger partial charge on any atom is 0.181 e. The van der Waals surface area contributed by atoms with Gasteiger partial charge in [-0.05, 0) is 74.3 Å². The van der Waals surface area contributed by atoms with E-state index in [-0.39, 0.29) is 0 Å². The summed E-state index contributed by atoms with van der Waals surface area (Å²) in [6, 6.07) is 16.3. The summed E-state index contributed by atoms with van der Waals surface area (Å²) in [5.74, 6) is 3.28. The number of pyridine rings is 1. The molecule has 2 aliphatic carbocycles. The van der Waals surface area contributed by atoms with Gasteiger partial charge in [0.1, 0.15) is 11.6 Å². The summed E-state index contributed by atoms with van der Waals surface area (Å²) in [7, 11) is 4.10. The minimum Gasteiger partial charge on any atom is -0.493 e. The minimum absolute atomic E-state index is 0.348. The number of imidazole rings is 1. The molecular formula is C38H41N7O3. The molecule has 4 aromatic heterocycles. The third-order valence-electron chi connectivity index (χ3n) is 10.3. The van der Waals surface area contributed by atoms with Crippen LogP contribution in [0.4, 0.5) is 0 Å². The minimum atomic E-state index is -0.702. The molecule has 5 heterocycles. The van der Waals surface area contributed by atoms with Crippen LogP contribution in [0.1, 0.15) is 73.4 Å². The van der Waals surface area contributed by atoms with Crippen molar-refractivity contribution in [1.29, 1.82) is 0 Å². The first-order valence-electron chi connectivity index (χ1n) is 17.3. The molecule has 10 heteroatoms. The van der Waals surface area contributed by atoms with E-state index in [0.717, 1.165) is 100 Å². The number of aromatic nitrogens is 7. The quantitative estimate of drug-likeness (QED) is 0.178. The van der Waals surface area contributed by atoms with Crippen LogP contribution in [0.15, 0.2) is 60.9 Å². The number of hydrogen-bond acceptors (Lipinski definition) is 7. The fourth-order valence-corrected chi connectivity index (χ4v) is 7.30. The third kappa shape index (κ3) is 5.56. The zero-order chi connectivity index (χ0) is 32.4. The zero-order valence-electron chi connectivity index (χ0n) is 27.5. The maximum absolute atomic E-state index is 11.2. The molecular weight excluding hydrogens is 602 g/mol. The number of ether oxygens (including phenoxy) is 2. The van der Waals surface area contributed by atoms with E-state index in [1.54, 1.807) is 0 Å². The van der Waals surface area contributed by atoms with E-state index in [1.165, 1.54) is 18.5 Å². The first kappa shape index (κ1) is 29.6. The number of aliphatic hydroxyl groups excluding tert-OH is 1. The molecule has 3 fully saturated rings. The van der Waals surface area contributed by atoms with Crippen molar-refractivity contribution in [3.63, 3.8) is 0 Å². The van der Waals surface area contributed by atoms with Gasteiger partial charge in [-0.25, -0.2) is 9.97 Å². The molecule has 1 saturated heterocycles. The Bertz CT molecular complexity index is 2110. The fraction of sp³-hybridized carbons (Fsp3) is 0.421. The Labute approximate surface area is 279 Å². The van der Waals surface area contributed by atoms with E-state index >= 15 is 0 Å². The molecule has 1 N–H and O–H groups in total. The molecule has 1 aliphatic heterocycles. The van der Waals surface area contributed by atoms with Crippen LogP contribution in [0.2, 0.25) is 0 Å². The van der Waals surface area contributed by atoms with E-state index in [1.807, 2.05) is 52.9 Å². The fourth-order valence-electron chi connectivity index (χ4n) is 7.30. The van der Waals surface area contributed by atoms with E-state index in [0.29, 0.717) is 30.9 Å². The number of aliphatic hydroxyl groups is 1. The molecule has 0 spiro atoms. The molecule has 6 aromatic rings. The van der Waals surface area contributed by atoms with Crippen LogP contribution in [0.3, 0.4) is 0 Å². The molecule has 0 unspecified atom stereocenters. The van der Waals surface area contributed by atoms with Crippen molar-refractivity contribution in [3.05, 3.63) is 77.9 Å². The Hall–Kier alpha value is -4.54. The van der Waals surface area contributed by atoms with Crippen LogP contribution in [-0.2, 0) is 25.4 Å². The molecule has 0 amide bonds. The Kier molecular flexibility index (Phi) is 7.31. The molecule has 48 heavy (non-hydrogen) atoms. The van der Waals surface area contributed by atoms with Crippen molar-refractivity contribution in [1.82, 2.24) is 34.1 Å². The van der Waals surface area contributed by atoms with Crippen molar-refractivity contribution in [2.75, 3.05) is 19.8 Å². The van der Waals surface area contributed by atoms with Crippen molar-refractivity contribution in [2.24, 2.45) is 20.0 Å². The second-order valence-electron chi connectivity index (χ2n) is 14.0. The zero-order valence-corrected chi connectivity index (χ0v) is 27.5. The molecule has 246 valence electrons. The standard InChI is InChI=1S/C38H41N7O3/c1-43-19-27-18-30(34(25-6-7-25)39-37(27)42-43)38-40-35(36(44(38)2)26-8-9-26)29-4-3-5-32-31(29)20-45(41-32)21-33(46)24-10-12-28(13-11-24)48-22-23-14-16-47-17-15-23/h3-5,10-13,18-20,23,25-26,33,46H,6-9,14-17,21-22H2,1-2H3/t33-/m0/s1. The number of hydrogen-bond donors (Lipinski definition) is 1. The highest BCUT2D eigenvalue weighted by molar-refractivity contribution is 5.95. The first-order chi connectivity index (χ1) is 23.5. The molecule has 1 atom stereocenters. The van der Waals surface area contributed by atoms with Crippen LogP contribution in [0.5, 0.6) is 5.75 Å². The Balaban J connectivity index is 1.01. The van der Waals surface area contributed by atoms with Crippen LogP contribution in [0.25, 0.3) is 44.6 Å². The smallest absolute Gasteiger partial charge is 0.181 e. The van der Waals surface area contributed by atoms with Gasteiger partial charge in [-0.2, -0.15) is 10.2 Å². The van der Waals surface area contributed by atoms with E-state index in [9.17, 15) is 5.11 Å². The van der Waals surface area contributed by atoms with Gasteiger partial charge in [0, 0.05) is 79.1 Å². The predicted octanol–water partition coefficient (Wildman–Crippen LogP) is 6.68. The van der Waals surface area contributed by atoms with Crippen LogP contribution < -0.4 is 4.74 Å². The van der Waals surface area contributed by atoms with Crippen molar-refractivity contribution in [2.45, 2.75) is 63.0 Å². The van der Waals surface area contributed by atoms with Gasteiger partial charge >= 0.3 is 0 Å². The van der Waals surface area contributed by atoms with E-state index in [2.05, 4.69) is 41.1 Å². The molecule has 9 rings (SSSR count). The second-order valence-corrected chi connectivity index (χ2v) is 14.0. The Morgan fingerprint density at radius 2 is 1.69 bits per heavy atom. The van der Waals surface area contributed by atoms with Crippen LogP contribution in [0, 0.1) is 5.92 Å². The first-order valence-corrected chi connectivity index (χ1v) is 17.3. The normalized spacial score (nSPS) is 17.8. The van der Waals surface area contributed by atoms with E-state index in [4.69, 9.17) is 24.5 Å². The van der Waals surface area contributed by atoms with Gasteiger partial charge in [0.05, 0.1) is 36.2 Å². The van der Waals surface area contributed by atoms with Gasteiger partial charge in [0.15, 0.2) is 5.65 Å². The Morgan fingerprint density at radius 3 is 2.46 bits per heavy atom. The topological polar surface area (TPSA) is 105 Å². The molecule has 10 nitrogen and oxygen atoms in total. The van der Waals surface area contributed by atoms with E-state index < -0.39 is 6.10 Å². The summed E-state index contributed by atoms with van der Waals surface area (Å²) in [5, 5.41) is 22.8. The number of rotatable bonds is 10. The molecule has 2 aromatic carbocycles. The lowest BCUT2D eigenvalue weighted by atomic mass is 10.0. The summed E-state index contributed by atoms with van der Waals surface area (Å²) < 4.78 is 17.5. The van der Waals surface area contributed by atoms with Crippen molar-refractivity contribution >= 4 is 21.9 Å². The number of nitrogens with zero attached hydrogens (tertiary/aromatic N) is 7. The molecule has 0 radical (unpaired) electrons. The average molecular weight is 644 g/mol. The summed E-state index contributed by atoms with van der Waals surface area (Å²) >= 11 is 0. The maximum atomic E-state index is 11.2. The summed E-state index contributed by atoms with van der Waals surface area (Å²) in [6.45, 7) is 2.68. The Morgan fingerprint density at radius 1 is 0.896 bits per heavy atom. The second kappa shape index (κ2) is 11.9. The lowest BCUT2D eigenvalue weighted by molar-refractivity contribution is 0.0497. The summed E-state index contributed by atoms with van der Waals surface area (Å²) in [6.07, 6.45) is 10.1.